The number of aliphatic hydroxyl groups is 1. The Bertz CT molecular complexity index is 346. The number of aliphatic hydroxyl groups excluding tert-OH is 1. The first-order chi connectivity index (χ1) is 11.3. The van der Waals surface area contributed by atoms with Crippen molar-refractivity contribution in [1.82, 2.24) is 20.0 Å². The molecular formula is C18H36N4O. The molecule has 0 aromatic heterocycles. The molecule has 3 aliphatic rings. The second-order valence-corrected chi connectivity index (χ2v) is 7.77. The SMILES string of the molecule is CC1CCCCN1C1CNCCC1CN1CCN(CCO)CC1. The molecule has 3 fully saturated rings. The lowest BCUT2D eigenvalue weighted by atomic mass is 9.87. The summed E-state index contributed by atoms with van der Waals surface area (Å²) < 4.78 is 0. The zero-order chi connectivity index (χ0) is 16.1. The highest BCUT2D eigenvalue weighted by Crippen LogP contribution is 2.26. The van der Waals surface area contributed by atoms with Gasteiger partial charge in [-0.3, -0.25) is 9.80 Å². The minimum absolute atomic E-state index is 0.295. The lowest BCUT2D eigenvalue weighted by Crippen LogP contribution is -2.58. The number of nitrogens with zero attached hydrogens (tertiary/aromatic N) is 3. The van der Waals surface area contributed by atoms with Crippen molar-refractivity contribution in [2.45, 2.75) is 44.7 Å². The van der Waals surface area contributed by atoms with Crippen molar-refractivity contribution in [1.29, 1.82) is 0 Å². The van der Waals surface area contributed by atoms with Crippen LogP contribution in [0, 0.1) is 5.92 Å². The van der Waals surface area contributed by atoms with E-state index in [9.17, 15) is 0 Å². The summed E-state index contributed by atoms with van der Waals surface area (Å²) in [5.74, 6) is 0.821. The molecule has 3 aliphatic heterocycles. The van der Waals surface area contributed by atoms with E-state index in [1.807, 2.05) is 0 Å². The van der Waals surface area contributed by atoms with Crippen molar-refractivity contribution < 1.29 is 5.11 Å². The summed E-state index contributed by atoms with van der Waals surface area (Å²) in [5, 5.41) is 12.7. The Morgan fingerprint density at radius 1 is 1.00 bits per heavy atom. The monoisotopic (exact) mass is 324 g/mol. The number of hydrogen-bond acceptors (Lipinski definition) is 5. The van der Waals surface area contributed by atoms with Crippen molar-refractivity contribution in [3.8, 4) is 0 Å². The summed E-state index contributed by atoms with van der Waals surface area (Å²) >= 11 is 0. The van der Waals surface area contributed by atoms with E-state index < -0.39 is 0 Å². The predicted octanol–water partition coefficient (Wildman–Crippen LogP) is 0.449. The molecule has 0 saturated carbocycles. The van der Waals surface area contributed by atoms with E-state index in [4.69, 9.17) is 5.11 Å². The van der Waals surface area contributed by atoms with Crippen LogP contribution >= 0.6 is 0 Å². The highest BCUT2D eigenvalue weighted by atomic mass is 16.3. The highest BCUT2D eigenvalue weighted by Gasteiger charge is 2.34. The maximum absolute atomic E-state index is 9.08. The average Bonchev–Trinajstić information content (AvgIpc) is 2.58. The van der Waals surface area contributed by atoms with Gasteiger partial charge in [-0.15, -0.1) is 0 Å². The number of likely N-dealkylation sites (tertiary alicyclic amines) is 1. The third kappa shape index (κ3) is 4.67. The van der Waals surface area contributed by atoms with Crippen LogP contribution in [0.25, 0.3) is 0 Å². The van der Waals surface area contributed by atoms with Crippen LogP contribution in [0.15, 0.2) is 0 Å². The molecule has 2 N–H and O–H groups in total. The van der Waals surface area contributed by atoms with Crippen molar-refractivity contribution in [3.05, 3.63) is 0 Å². The van der Waals surface area contributed by atoms with Gasteiger partial charge in [-0.25, -0.2) is 0 Å². The van der Waals surface area contributed by atoms with Crippen LogP contribution in [0.4, 0.5) is 0 Å². The fourth-order valence-corrected chi connectivity index (χ4v) is 4.78. The summed E-state index contributed by atoms with van der Waals surface area (Å²) in [5.41, 5.74) is 0. The fourth-order valence-electron chi connectivity index (χ4n) is 4.78. The molecule has 3 saturated heterocycles. The number of hydrogen-bond donors (Lipinski definition) is 2. The Balaban J connectivity index is 1.52. The van der Waals surface area contributed by atoms with Gasteiger partial charge >= 0.3 is 0 Å². The van der Waals surface area contributed by atoms with Crippen LogP contribution in [-0.4, -0.2) is 97.4 Å². The molecule has 3 atom stereocenters. The second kappa shape index (κ2) is 8.77. The first-order valence-corrected chi connectivity index (χ1v) is 9.80. The molecule has 3 heterocycles. The average molecular weight is 325 g/mol. The second-order valence-electron chi connectivity index (χ2n) is 7.77. The van der Waals surface area contributed by atoms with Crippen molar-refractivity contribution in [2.75, 3.05) is 65.5 Å². The number of rotatable bonds is 5. The van der Waals surface area contributed by atoms with Crippen LogP contribution in [-0.2, 0) is 0 Å². The lowest BCUT2D eigenvalue weighted by Gasteiger charge is -2.47. The lowest BCUT2D eigenvalue weighted by molar-refractivity contribution is 0.0283. The summed E-state index contributed by atoms with van der Waals surface area (Å²) in [6.07, 6.45) is 5.50. The molecule has 0 aliphatic carbocycles. The molecule has 0 bridgehead atoms. The van der Waals surface area contributed by atoms with Crippen LogP contribution < -0.4 is 5.32 Å². The zero-order valence-electron chi connectivity index (χ0n) is 14.9. The smallest absolute Gasteiger partial charge is 0.0558 e. The van der Waals surface area contributed by atoms with E-state index in [0.717, 1.165) is 37.6 Å². The first-order valence-electron chi connectivity index (χ1n) is 9.80. The molecule has 0 radical (unpaired) electrons. The van der Waals surface area contributed by atoms with Gasteiger partial charge in [-0.05, 0) is 45.2 Å². The fraction of sp³-hybridized carbons (Fsp3) is 1.00. The van der Waals surface area contributed by atoms with Crippen LogP contribution in [0.3, 0.4) is 0 Å². The van der Waals surface area contributed by atoms with E-state index in [0.29, 0.717) is 6.61 Å². The Kier molecular flexibility index (Phi) is 6.72. The number of nitrogens with one attached hydrogen (secondary N) is 1. The van der Waals surface area contributed by atoms with Crippen LogP contribution in [0.2, 0.25) is 0 Å². The molecule has 0 spiro atoms. The Morgan fingerprint density at radius 2 is 1.78 bits per heavy atom. The topological polar surface area (TPSA) is 42.0 Å². The number of piperazine rings is 1. The highest BCUT2D eigenvalue weighted by molar-refractivity contribution is 4.91. The van der Waals surface area contributed by atoms with Gasteiger partial charge in [0.05, 0.1) is 6.61 Å². The minimum atomic E-state index is 0.295. The number of β-amino-alcohol motifs (C(OH)–C–C–N with tert-alkyl or cyclic N) is 1. The largest absolute Gasteiger partial charge is 0.395 e. The van der Waals surface area contributed by atoms with E-state index in [1.54, 1.807) is 0 Å². The zero-order valence-corrected chi connectivity index (χ0v) is 14.9. The molecule has 3 rings (SSSR count). The minimum Gasteiger partial charge on any atom is -0.395 e. The van der Waals surface area contributed by atoms with Gasteiger partial charge in [-0.1, -0.05) is 6.42 Å². The van der Waals surface area contributed by atoms with Gasteiger partial charge in [-0.2, -0.15) is 0 Å². The van der Waals surface area contributed by atoms with Crippen LogP contribution in [0.5, 0.6) is 0 Å². The van der Waals surface area contributed by atoms with Gasteiger partial charge in [0.15, 0.2) is 0 Å². The summed E-state index contributed by atoms with van der Waals surface area (Å²) in [6.45, 7) is 13.1. The van der Waals surface area contributed by atoms with Gasteiger partial charge in [0.25, 0.3) is 0 Å². The maximum Gasteiger partial charge on any atom is 0.0558 e. The van der Waals surface area contributed by atoms with Crippen molar-refractivity contribution >= 4 is 0 Å². The molecule has 5 nitrogen and oxygen atoms in total. The Labute approximate surface area is 142 Å². The molecule has 0 aromatic rings. The molecule has 5 heteroatoms. The van der Waals surface area contributed by atoms with Crippen LogP contribution in [0.1, 0.15) is 32.6 Å². The predicted molar refractivity (Wildman–Crippen MR) is 94.7 cm³/mol. The third-order valence-electron chi connectivity index (χ3n) is 6.24. The Morgan fingerprint density at radius 3 is 2.52 bits per heavy atom. The van der Waals surface area contributed by atoms with Gasteiger partial charge in [0.1, 0.15) is 0 Å². The molecule has 134 valence electrons. The number of piperidine rings is 2. The van der Waals surface area contributed by atoms with Crippen molar-refractivity contribution in [2.24, 2.45) is 5.92 Å². The Hall–Kier alpha value is -0.200. The molecule has 0 amide bonds. The third-order valence-corrected chi connectivity index (χ3v) is 6.24. The molecule has 23 heavy (non-hydrogen) atoms. The van der Waals surface area contributed by atoms with Gasteiger partial charge < -0.3 is 15.3 Å². The maximum atomic E-state index is 9.08. The summed E-state index contributed by atoms with van der Waals surface area (Å²) in [4.78, 5) is 7.87. The molecule has 0 aromatic carbocycles. The normalized spacial score (nSPS) is 35.5. The van der Waals surface area contributed by atoms with Gasteiger partial charge in [0.2, 0.25) is 0 Å². The standard InChI is InChI=1S/C18H36N4O/c1-16-4-2-3-7-22(16)18-14-19-6-5-17(18)15-21-10-8-20(9-11-21)12-13-23/h16-19,23H,2-15H2,1H3. The quantitative estimate of drug-likeness (QED) is 0.769. The van der Waals surface area contributed by atoms with E-state index in [2.05, 4.69) is 26.9 Å². The summed E-state index contributed by atoms with van der Waals surface area (Å²) in [7, 11) is 0. The molecular weight excluding hydrogens is 288 g/mol. The van der Waals surface area contributed by atoms with E-state index in [1.165, 1.54) is 65.0 Å². The first kappa shape index (κ1) is 17.6. The van der Waals surface area contributed by atoms with E-state index in [-0.39, 0.29) is 0 Å². The van der Waals surface area contributed by atoms with E-state index >= 15 is 0 Å². The van der Waals surface area contributed by atoms with Gasteiger partial charge in [0, 0.05) is 57.9 Å². The summed E-state index contributed by atoms with van der Waals surface area (Å²) in [6, 6.07) is 1.49. The molecule has 3 unspecified atom stereocenters. The van der Waals surface area contributed by atoms with Crippen molar-refractivity contribution in [3.63, 3.8) is 0 Å².